The molecule has 2 bridgehead atoms. The number of aliphatic hydroxyl groups excluding tert-OH is 2. The predicted octanol–water partition coefficient (Wildman–Crippen LogP) is 3.50. The summed E-state index contributed by atoms with van der Waals surface area (Å²) in [5.74, 6) is 0.749. The first-order chi connectivity index (χ1) is 12.3. The van der Waals surface area contributed by atoms with Crippen molar-refractivity contribution >= 4 is 12.4 Å². The van der Waals surface area contributed by atoms with Crippen LogP contribution < -0.4 is 0 Å². The van der Waals surface area contributed by atoms with E-state index in [1.165, 1.54) is 24.8 Å². The molecular weight excluding hydrogens is 362 g/mol. The number of nitrogens with zero attached hydrogens (tertiary/aromatic N) is 1. The van der Waals surface area contributed by atoms with Crippen LogP contribution in [0.25, 0.3) is 0 Å². The fourth-order valence-electron chi connectivity index (χ4n) is 5.45. The highest BCUT2D eigenvalue weighted by atomic mass is 35.5. The molecule has 0 amide bonds. The number of benzene rings is 1. The molecule has 2 aliphatic rings. The van der Waals surface area contributed by atoms with Crippen molar-refractivity contribution in [3.8, 4) is 0 Å². The molecule has 4 nitrogen and oxygen atoms in total. The van der Waals surface area contributed by atoms with E-state index in [0.717, 1.165) is 12.5 Å². The van der Waals surface area contributed by atoms with E-state index in [-0.39, 0.29) is 35.9 Å². The highest BCUT2D eigenvalue weighted by Gasteiger charge is 2.60. The van der Waals surface area contributed by atoms with Gasteiger partial charge < -0.3 is 14.9 Å². The van der Waals surface area contributed by atoms with Crippen molar-refractivity contribution in [3.63, 3.8) is 0 Å². The molecule has 4 atom stereocenters. The molecule has 0 saturated heterocycles. The first-order valence-corrected chi connectivity index (χ1v) is 10.0. The van der Waals surface area contributed by atoms with Gasteiger partial charge in [0.15, 0.2) is 0 Å². The lowest BCUT2D eigenvalue weighted by atomic mass is 9.70. The van der Waals surface area contributed by atoms with Crippen LogP contribution in [-0.2, 0) is 11.3 Å². The Morgan fingerprint density at radius 3 is 2.52 bits per heavy atom. The minimum Gasteiger partial charge on any atom is -0.395 e. The highest BCUT2D eigenvalue weighted by Crippen LogP contribution is 2.63. The Morgan fingerprint density at radius 1 is 1.22 bits per heavy atom. The van der Waals surface area contributed by atoms with Crippen LogP contribution in [0.1, 0.15) is 45.6 Å². The first-order valence-electron chi connectivity index (χ1n) is 10.0. The smallest absolute Gasteiger partial charge is 0.0900 e. The third-order valence-electron chi connectivity index (χ3n) is 6.73. The zero-order valence-electron chi connectivity index (χ0n) is 16.9. The zero-order valence-corrected chi connectivity index (χ0v) is 17.8. The van der Waals surface area contributed by atoms with E-state index in [0.29, 0.717) is 19.7 Å². The summed E-state index contributed by atoms with van der Waals surface area (Å²) in [4.78, 5) is 2.09. The molecule has 2 aliphatic carbocycles. The largest absolute Gasteiger partial charge is 0.395 e. The van der Waals surface area contributed by atoms with Gasteiger partial charge in [-0.25, -0.2) is 0 Å². The third kappa shape index (κ3) is 5.04. The summed E-state index contributed by atoms with van der Waals surface area (Å²) >= 11 is 0. The summed E-state index contributed by atoms with van der Waals surface area (Å²) in [6.07, 6.45) is 3.50. The van der Waals surface area contributed by atoms with Crippen molar-refractivity contribution in [2.75, 3.05) is 26.3 Å². The van der Waals surface area contributed by atoms with E-state index in [1.807, 2.05) is 18.2 Å². The Hall–Kier alpha value is -0.650. The van der Waals surface area contributed by atoms with Gasteiger partial charge in [0, 0.05) is 19.6 Å². The van der Waals surface area contributed by atoms with Gasteiger partial charge >= 0.3 is 0 Å². The average molecular weight is 398 g/mol. The summed E-state index contributed by atoms with van der Waals surface area (Å²) in [5.41, 5.74) is 1.65. The van der Waals surface area contributed by atoms with Crippen molar-refractivity contribution in [2.45, 2.75) is 58.8 Å². The molecular formula is C22H36ClNO3. The normalized spacial score (nSPS) is 29.7. The molecule has 0 aliphatic heterocycles. The zero-order chi connectivity index (χ0) is 18.8. The van der Waals surface area contributed by atoms with E-state index in [4.69, 9.17) is 4.74 Å². The van der Waals surface area contributed by atoms with E-state index in [9.17, 15) is 10.2 Å². The number of halogens is 1. The van der Waals surface area contributed by atoms with E-state index in [2.05, 4.69) is 37.8 Å². The van der Waals surface area contributed by atoms with Gasteiger partial charge in [0.2, 0.25) is 0 Å². The second-order valence-electron chi connectivity index (χ2n) is 9.23. The Morgan fingerprint density at radius 2 is 1.93 bits per heavy atom. The minimum atomic E-state index is -0.538. The first kappa shape index (κ1) is 22.6. The summed E-state index contributed by atoms with van der Waals surface area (Å²) in [5, 5.41) is 19.9. The van der Waals surface area contributed by atoms with Gasteiger partial charge in [-0.15, -0.1) is 12.4 Å². The van der Waals surface area contributed by atoms with Crippen LogP contribution in [0.2, 0.25) is 0 Å². The monoisotopic (exact) mass is 397 g/mol. The SMILES string of the molecule is CC12CCC(C1)C(C)(C)C2OCC(O)CN(CCO)Cc1ccccc1.Cl. The number of hydrogen-bond acceptors (Lipinski definition) is 4. The lowest BCUT2D eigenvalue weighted by Crippen LogP contribution is -2.45. The van der Waals surface area contributed by atoms with E-state index < -0.39 is 6.10 Å². The van der Waals surface area contributed by atoms with Crippen molar-refractivity contribution in [2.24, 2.45) is 16.7 Å². The second kappa shape index (κ2) is 9.23. The number of rotatable bonds is 9. The van der Waals surface area contributed by atoms with Crippen LogP contribution in [0.15, 0.2) is 30.3 Å². The lowest BCUT2D eigenvalue weighted by molar-refractivity contribution is -0.113. The Balaban J connectivity index is 0.00000261. The van der Waals surface area contributed by atoms with Crippen molar-refractivity contribution in [3.05, 3.63) is 35.9 Å². The molecule has 2 saturated carbocycles. The number of aliphatic hydroxyl groups is 2. The molecule has 0 spiro atoms. The predicted molar refractivity (Wildman–Crippen MR) is 111 cm³/mol. The lowest BCUT2D eigenvalue weighted by Gasteiger charge is -2.42. The summed E-state index contributed by atoms with van der Waals surface area (Å²) in [7, 11) is 0. The maximum Gasteiger partial charge on any atom is 0.0900 e. The molecule has 2 N–H and O–H groups in total. The van der Waals surface area contributed by atoms with E-state index in [1.54, 1.807) is 0 Å². The molecule has 2 fully saturated rings. The Bertz CT molecular complexity index is 577. The summed E-state index contributed by atoms with van der Waals surface area (Å²) < 4.78 is 6.31. The quantitative estimate of drug-likeness (QED) is 0.669. The van der Waals surface area contributed by atoms with Crippen molar-refractivity contribution in [1.29, 1.82) is 0 Å². The maximum atomic E-state index is 10.6. The van der Waals surface area contributed by atoms with Gasteiger partial charge in [-0.3, -0.25) is 4.90 Å². The van der Waals surface area contributed by atoms with Gasteiger partial charge in [-0.1, -0.05) is 51.1 Å². The molecule has 154 valence electrons. The van der Waals surface area contributed by atoms with Gasteiger partial charge in [0.25, 0.3) is 0 Å². The van der Waals surface area contributed by atoms with Gasteiger partial charge in [-0.2, -0.15) is 0 Å². The standard InChI is InChI=1S/C22H35NO3.ClH/c1-21(2)18-9-10-22(3,13-18)20(21)26-16-19(25)15-23(11-12-24)14-17-7-5-4-6-8-17;/h4-8,18-20,24-25H,9-16H2,1-3H3;1H. The molecule has 0 radical (unpaired) electrons. The number of ether oxygens (including phenoxy) is 1. The number of fused-ring (bicyclic) bond motifs is 2. The minimum absolute atomic E-state index is 0. The molecule has 4 unspecified atom stereocenters. The second-order valence-corrected chi connectivity index (χ2v) is 9.23. The Labute approximate surface area is 170 Å². The van der Waals surface area contributed by atoms with Crippen LogP contribution in [0.4, 0.5) is 0 Å². The number of hydrogen-bond donors (Lipinski definition) is 2. The highest BCUT2D eigenvalue weighted by molar-refractivity contribution is 5.85. The van der Waals surface area contributed by atoms with Crippen LogP contribution in [0.3, 0.4) is 0 Å². The van der Waals surface area contributed by atoms with Crippen LogP contribution in [-0.4, -0.2) is 53.6 Å². The molecule has 27 heavy (non-hydrogen) atoms. The van der Waals surface area contributed by atoms with Gasteiger partial charge in [0.1, 0.15) is 0 Å². The maximum absolute atomic E-state index is 10.6. The molecule has 0 aromatic heterocycles. The molecule has 5 heteroatoms. The summed E-state index contributed by atoms with van der Waals surface area (Å²) in [6.45, 7) is 9.27. The van der Waals surface area contributed by atoms with Crippen LogP contribution in [0.5, 0.6) is 0 Å². The molecule has 3 rings (SSSR count). The van der Waals surface area contributed by atoms with Gasteiger partial charge in [0.05, 0.1) is 25.4 Å². The fraction of sp³-hybridized carbons (Fsp3) is 0.727. The summed E-state index contributed by atoms with van der Waals surface area (Å²) in [6, 6.07) is 10.2. The van der Waals surface area contributed by atoms with Crippen LogP contribution >= 0.6 is 12.4 Å². The molecule has 0 heterocycles. The average Bonchev–Trinajstić information content (AvgIpc) is 3.06. The van der Waals surface area contributed by atoms with E-state index >= 15 is 0 Å². The fourth-order valence-corrected chi connectivity index (χ4v) is 5.45. The molecule has 1 aromatic rings. The molecule has 1 aromatic carbocycles. The van der Waals surface area contributed by atoms with Crippen LogP contribution in [0, 0.1) is 16.7 Å². The topological polar surface area (TPSA) is 52.9 Å². The van der Waals surface area contributed by atoms with Crippen molar-refractivity contribution in [1.82, 2.24) is 4.90 Å². The van der Waals surface area contributed by atoms with Crippen molar-refractivity contribution < 1.29 is 14.9 Å². The Kier molecular flexibility index (Phi) is 7.74. The van der Waals surface area contributed by atoms with Gasteiger partial charge in [-0.05, 0) is 41.6 Å². The third-order valence-corrected chi connectivity index (χ3v) is 6.73.